The number of aliphatic hydroxyl groups is 1. The molecule has 1 amide bonds. The number of likely N-dealkylation sites (tertiary alicyclic amines) is 1. The highest BCUT2D eigenvalue weighted by atomic mass is 19.1. The zero-order valence-corrected chi connectivity index (χ0v) is 16.1. The highest BCUT2D eigenvalue weighted by Gasteiger charge is 2.46. The summed E-state index contributed by atoms with van der Waals surface area (Å²) in [6, 6.07) is 9.47. The number of ketones is 1. The molecule has 2 aromatic carbocycles. The second kappa shape index (κ2) is 8.53. The highest BCUT2D eigenvalue weighted by Crippen LogP contribution is 2.40. The van der Waals surface area contributed by atoms with E-state index in [1.54, 1.807) is 6.07 Å². The number of Topliss-reactive ketones (excluding diaryl/α,β-unsaturated/α-hetero) is 1. The quantitative estimate of drug-likeness (QED) is 0.454. The Bertz CT molecular complexity index is 954. The van der Waals surface area contributed by atoms with Gasteiger partial charge in [0.2, 0.25) is 0 Å². The average molecular weight is 401 g/mol. The second-order valence-electron chi connectivity index (χ2n) is 6.94. The second-order valence-corrected chi connectivity index (χ2v) is 6.94. The number of rotatable bonds is 6. The maximum Gasteiger partial charge on any atom is 0.295 e. The van der Waals surface area contributed by atoms with E-state index in [1.807, 2.05) is 13.8 Å². The lowest BCUT2D eigenvalue weighted by atomic mass is 9.95. The number of nitrogens with zero attached hydrogens (tertiary/aromatic N) is 1. The first-order valence-corrected chi connectivity index (χ1v) is 9.21. The summed E-state index contributed by atoms with van der Waals surface area (Å²) in [4.78, 5) is 26.6. The summed E-state index contributed by atoms with van der Waals surface area (Å²) >= 11 is 0. The fourth-order valence-corrected chi connectivity index (χ4v) is 3.28. The predicted octanol–water partition coefficient (Wildman–Crippen LogP) is 3.81. The number of benzene rings is 2. The van der Waals surface area contributed by atoms with E-state index < -0.39 is 35.1 Å². The van der Waals surface area contributed by atoms with Crippen LogP contribution in [0.15, 0.2) is 54.1 Å². The molecule has 1 saturated heterocycles. The van der Waals surface area contributed by atoms with Crippen LogP contribution < -0.4 is 0 Å². The Morgan fingerprint density at radius 1 is 1.10 bits per heavy atom. The lowest BCUT2D eigenvalue weighted by molar-refractivity contribution is -0.140. The fraction of sp³-hybridized carbons (Fsp3) is 0.273. The van der Waals surface area contributed by atoms with E-state index in [0.717, 1.165) is 12.1 Å². The van der Waals surface area contributed by atoms with Gasteiger partial charge in [0.05, 0.1) is 24.3 Å². The van der Waals surface area contributed by atoms with E-state index in [2.05, 4.69) is 0 Å². The van der Waals surface area contributed by atoms with Crippen LogP contribution in [-0.2, 0) is 14.3 Å². The van der Waals surface area contributed by atoms with Crippen LogP contribution in [-0.4, -0.2) is 41.0 Å². The first kappa shape index (κ1) is 20.7. The summed E-state index contributed by atoms with van der Waals surface area (Å²) in [6.45, 7) is 3.85. The first-order valence-electron chi connectivity index (χ1n) is 9.21. The van der Waals surface area contributed by atoms with Crippen LogP contribution in [0.25, 0.3) is 5.76 Å². The molecule has 7 heteroatoms. The minimum atomic E-state index is -1.11. The molecule has 0 aromatic heterocycles. The van der Waals surface area contributed by atoms with Gasteiger partial charge in [0.1, 0.15) is 17.4 Å². The zero-order valence-electron chi connectivity index (χ0n) is 16.1. The number of hydrogen-bond donors (Lipinski definition) is 1. The number of amides is 1. The van der Waals surface area contributed by atoms with Gasteiger partial charge in [0.15, 0.2) is 0 Å². The maximum atomic E-state index is 14.6. The molecule has 1 aliphatic heterocycles. The predicted molar refractivity (Wildman–Crippen MR) is 103 cm³/mol. The van der Waals surface area contributed by atoms with E-state index in [1.165, 1.54) is 35.2 Å². The Labute approximate surface area is 167 Å². The van der Waals surface area contributed by atoms with Crippen LogP contribution in [0, 0.1) is 11.6 Å². The molecular weight excluding hydrogens is 380 g/mol. The van der Waals surface area contributed by atoms with Crippen molar-refractivity contribution in [1.29, 1.82) is 0 Å². The molecule has 1 heterocycles. The standard InChI is InChI=1S/C22H21F2NO4/c1-13(2)29-12-11-25-19(16-5-3-4-6-17(16)24)18(21(27)22(25)28)20(26)14-7-9-15(23)10-8-14/h3-10,13,19,26H,11-12H2,1-2H3/b20-18-. The number of carbonyl (C=O) groups is 2. The number of carbonyl (C=O) groups excluding carboxylic acids is 2. The Kier molecular flexibility index (Phi) is 6.08. The molecule has 0 bridgehead atoms. The molecule has 5 nitrogen and oxygen atoms in total. The number of aliphatic hydroxyl groups excluding tert-OH is 1. The van der Waals surface area contributed by atoms with Crippen LogP contribution >= 0.6 is 0 Å². The molecule has 0 radical (unpaired) electrons. The van der Waals surface area contributed by atoms with Gasteiger partial charge in [-0.15, -0.1) is 0 Å². The van der Waals surface area contributed by atoms with Crippen LogP contribution in [0.5, 0.6) is 0 Å². The summed E-state index contributed by atoms with van der Waals surface area (Å²) in [5.41, 5.74) is 0.000309. The molecule has 1 aliphatic rings. The van der Waals surface area contributed by atoms with E-state index in [-0.39, 0.29) is 36.0 Å². The summed E-state index contributed by atoms with van der Waals surface area (Å²) in [5, 5.41) is 10.8. The van der Waals surface area contributed by atoms with Crippen LogP contribution in [0.2, 0.25) is 0 Å². The molecule has 2 aromatic rings. The van der Waals surface area contributed by atoms with Crippen molar-refractivity contribution in [2.45, 2.75) is 26.0 Å². The van der Waals surface area contributed by atoms with Gasteiger partial charge in [-0.05, 0) is 44.2 Å². The lowest BCUT2D eigenvalue weighted by Crippen LogP contribution is -2.33. The van der Waals surface area contributed by atoms with Crippen molar-refractivity contribution in [1.82, 2.24) is 4.90 Å². The molecule has 3 rings (SSSR count). The highest BCUT2D eigenvalue weighted by molar-refractivity contribution is 6.46. The van der Waals surface area contributed by atoms with Crippen LogP contribution in [0.3, 0.4) is 0 Å². The Morgan fingerprint density at radius 3 is 2.38 bits per heavy atom. The van der Waals surface area contributed by atoms with Crippen molar-refractivity contribution in [3.05, 3.63) is 76.9 Å². The minimum absolute atomic E-state index is 0.0436. The van der Waals surface area contributed by atoms with Gasteiger partial charge in [-0.25, -0.2) is 8.78 Å². The van der Waals surface area contributed by atoms with Crippen molar-refractivity contribution in [3.8, 4) is 0 Å². The SMILES string of the molecule is CC(C)OCCN1C(=O)C(=O)/C(=C(\O)c2ccc(F)cc2)C1c1ccccc1F. The van der Waals surface area contributed by atoms with Crippen molar-refractivity contribution in [3.63, 3.8) is 0 Å². The molecule has 29 heavy (non-hydrogen) atoms. The zero-order chi connectivity index (χ0) is 21.1. The third-order valence-electron chi connectivity index (χ3n) is 4.64. The molecule has 0 saturated carbocycles. The molecule has 1 atom stereocenters. The van der Waals surface area contributed by atoms with Gasteiger partial charge in [-0.2, -0.15) is 0 Å². The molecule has 1 fully saturated rings. The summed E-state index contributed by atoms with van der Waals surface area (Å²) in [5.74, 6) is -3.39. The largest absolute Gasteiger partial charge is 0.507 e. The van der Waals surface area contributed by atoms with Crippen molar-refractivity contribution in [2.75, 3.05) is 13.2 Å². The number of halogens is 2. The first-order chi connectivity index (χ1) is 13.8. The van der Waals surface area contributed by atoms with E-state index >= 15 is 0 Å². The monoisotopic (exact) mass is 401 g/mol. The smallest absolute Gasteiger partial charge is 0.295 e. The number of hydrogen-bond acceptors (Lipinski definition) is 4. The lowest BCUT2D eigenvalue weighted by Gasteiger charge is -2.26. The van der Waals surface area contributed by atoms with Gasteiger partial charge in [-0.3, -0.25) is 9.59 Å². The molecule has 152 valence electrons. The Balaban J connectivity index is 2.11. The van der Waals surface area contributed by atoms with Gasteiger partial charge in [0, 0.05) is 17.7 Å². The van der Waals surface area contributed by atoms with Gasteiger partial charge >= 0.3 is 0 Å². The summed E-state index contributed by atoms with van der Waals surface area (Å²) in [7, 11) is 0. The van der Waals surface area contributed by atoms with Gasteiger partial charge in [-0.1, -0.05) is 18.2 Å². The molecule has 1 N–H and O–H groups in total. The van der Waals surface area contributed by atoms with E-state index in [0.29, 0.717) is 0 Å². The van der Waals surface area contributed by atoms with Gasteiger partial charge in [0.25, 0.3) is 11.7 Å². The molecular formula is C22H21F2NO4. The van der Waals surface area contributed by atoms with Crippen molar-refractivity contribution in [2.24, 2.45) is 0 Å². The third-order valence-corrected chi connectivity index (χ3v) is 4.64. The van der Waals surface area contributed by atoms with Crippen molar-refractivity contribution >= 4 is 17.4 Å². The molecule has 1 unspecified atom stereocenters. The molecule has 0 spiro atoms. The van der Waals surface area contributed by atoms with Crippen LogP contribution in [0.1, 0.15) is 31.0 Å². The number of ether oxygens (including phenoxy) is 1. The van der Waals surface area contributed by atoms with E-state index in [4.69, 9.17) is 4.74 Å². The summed E-state index contributed by atoms with van der Waals surface area (Å²) < 4.78 is 33.3. The minimum Gasteiger partial charge on any atom is -0.507 e. The summed E-state index contributed by atoms with van der Waals surface area (Å²) in [6.07, 6.45) is -0.0852. The maximum absolute atomic E-state index is 14.6. The third kappa shape index (κ3) is 4.19. The Hall–Kier alpha value is -3.06. The Morgan fingerprint density at radius 2 is 1.76 bits per heavy atom. The topological polar surface area (TPSA) is 66.8 Å². The van der Waals surface area contributed by atoms with Crippen LogP contribution in [0.4, 0.5) is 8.78 Å². The molecule has 0 aliphatic carbocycles. The van der Waals surface area contributed by atoms with E-state index in [9.17, 15) is 23.5 Å². The fourth-order valence-electron chi connectivity index (χ4n) is 3.28. The van der Waals surface area contributed by atoms with Crippen molar-refractivity contribution < 1.29 is 28.2 Å². The average Bonchev–Trinajstić information content (AvgIpc) is 2.93. The van der Waals surface area contributed by atoms with Gasteiger partial charge < -0.3 is 14.7 Å². The normalized spacial score (nSPS) is 18.7.